The molecule has 1 N–H and O–H groups in total. The number of ketones is 1. The molecule has 0 saturated heterocycles. The molecule has 1 aliphatic rings. The van der Waals surface area contributed by atoms with Crippen molar-refractivity contribution in [2.45, 2.75) is 46.6 Å². The van der Waals surface area contributed by atoms with Crippen molar-refractivity contribution in [3.8, 4) is 0 Å². The molecule has 0 aromatic carbocycles. The van der Waals surface area contributed by atoms with E-state index < -0.39 is 5.97 Å². The third kappa shape index (κ3) is 3.43. The first-order valence-electron chi connectivity index (χ1n) is 7.39. The maximum atomic E-state index is 11.9. The van der Waals surface area contributed by atoms with Gasteiger partial charge < -0.3 is 10.1 Å². The van der Waals surface area contributed by atoms with Crippen LogP contribution in [0.5, 0.6) is 0 Å². The minimum Gasteiger partial charge on any atom is -0.461 e. The van der Waals surface area contributed by atoms with E-state index in [-0.39, 0.29) is 18.1 Å². The largest absolute Gasteiger partial charge is 0.461 e. The number of aromatic nitrogens is 1. The molecule has 0 aliphatic heterocycles. The molecule has 2 rings (SSSR count). The molecule has 3 unspecified atom stereocenters. The van der Waals surface area contributed by atoms with Crippen LogP contribution in [0.15, 0.2) is 0 Å². The number of carbonyl (C=O) groups excluding carboxylic acids is 2. The van der Waals surface area contributed by atoms with E-state index in [1.54, 1.807) is 6.92 Å². The Bertz CT molecular complexity index is 541. The lowest BCUT2D eigenvalue weighted by Crippen LogP contribution is -2.23. The highest BCUT2D eigenvalue weighted by molar-refractivity contribution is 7.17. The second-order valence-electron chi connectivity index (χ2n) is 5.64. The third-order valence-electron chi connectivity index (χ3n) is 4.19. The van der Waals surface area contributed by atoms with Crippen molar-refractivity contribution in [3.63, 3.8) is 0 Å². The van der Waals surface area contributed by atoms with Gasteiger partial charge in [0.05, 0.1) is 6.61 Å². The molecule has 0 bridgehead atoms. The van der Waals surface area contributed by atoms with Crippen molar-refractivity contribution in [2.24, 2.45) is 11.8 Å². The van der Waals surface area contributed by atoms with Crippen LogP contribution in [0.1, 0.15) is 60.7 Å². The van der Waals surface area contributed by atoms with E-state index in [0.29, 0.717) is 27.9 Å². The highest BCUT2D eigenvalue weighted by Crippen LogP contribution is 2.34. The van der Waals surface area contributed by atoms with Crippen molar-refractivity contribution in [1.29, 1.82) is 0 Å². The molecule has 0 spiro atoms. The van der Waals surface area contributed by atoms with Gasteiger partial charge in [0.25, 0.3) is 0 Å². The smallest absolute Gasteiger partial charge is 0.358 e. The molecule has 1 saturated carbocycles. The summed E-state index contributed by atoms with van der Waals surface area (Å²) in [4.78, 5) is 28.2. The van der Waals surface area contributed by atoms with Crippen LogP contribution in [0.25, 0.3) is 0 Å². The standard InChI is InChI=1S/C15H22N2O3S/c1-5-20-14(19)12-13(10(4)18)21-15(17-12)16-11-7-6-8(2)9(11)3/h8-9,11H,5-7H2,1-4H3,(H,16,17). The highest BCUT2D eigenvalue weighted by atomic mass is 32.1. The van der Waals surface area contributed by atoms with Crippen LogP contribution >= 0.6 is 11.3 Å². The summed E-state index contributed by atoms with van der Waals surface area (Å²) >= 11 is 1.24. The zero-order chi connectivity index (χ0) is 15.6. The maximum Gasteiger partial charge on any atom is 0.358 e. The zero-order valence-corrected chi connectivity index (χ0v) is 13.8. The molecule has 1 heterocycles. The number of ether oxygens (including phenoxy) is 1. The number of Topliss-reactive ketones (excluding diaryl/α,β-unsaturated/α-hetero) is 1. The number of esters is 1. The van der Waals surface area contributed by atoms with Crippen molar-refractivity contribution in [3.05, 3.63) is 10.6 Å². The molecular formula is C15H22N2O3S. The fourth-order valence-electron chi connectivity index (χ4n) is 2.69. The fraction of sp³-hybridized carbons (Fsp3) is 0.667. The zero-order valence-electron chi connectivity index (χ0n) is 12.9. The van der Waals surface area contributed by atoms with Crippen molar-refractivity contribution in [1.82, 2.24) is 4.98 Å². The minimum atomic E-state index is -0.528. The van der Waals surface area contributed by atoms with Crippen LogP contribution in [0, 0.1) is 11.8 Å². The Morgan fingerprint density at radius 2 is 2.10 bits per heavy atom. The number of anilines is 1. The minimum absolute atomic E-state index is 0.135. The summed E-state index contributed by atoms with van der Waals surface area (Å²) in [5.41, 5.74) is 0.135. The number of hydrogen-bond donors (Lipinski definition) is 1. The second-order valence-corrected chi connectivity index (χ2v) is 6.64. The number of nitrogens with zero attached hydrogens (tertiary/aromatic N) is 1. The van der Waals surface area contributed by atoms with Crippen molar-refractivity contribution >= 4 is 28.2 Å². The Hall–Kier alpha value is -1.43. The molecule has 6 heteroatoms. The third-order valence-corrected chi connectivity index (χ3v) is 5.28. The van der Waals surface area contributed by atoms with E-state index in [0.717, 1.165) is 6.42 Å². The first-order chi connectivity index (χ1) is 9.93. The van der Waals surface area contributed by atoms with Crippen molar-refractivity contribution in [2.75, 3.05) is 11.9 Å². The Labute approximate surface area is 129 Å². The van der Waals surface area contributed by atoms with Crippen LogP contribution < -0.4 is 5.32 Å². The van der Waals surface area contributed by atoms with Crippen LogP contribution in [-0.2, 0) is 4.74 Å². The van der Waals surface area contributed by atoms with Gasteiger partial charge in [-0.2, -0.15) is 0 Å². The number of rotatable bonds is 5. The van der Waals surface area contributed by atoms with Gasteiger partial charge in [-0.3, -0.25) is 4.79 Å². The lowest BCUT2D eigenvalue weighted by molar-refractivity contribution is 0.0517. The first kappa shape index (κ1) is 15.9. The van der Waals surface area contributed by atoms with Gasteiger partial charge >= 0.3 is 5.97 Å². The molecule has 5 nitrogen and oxygen atoms in total. The van der Waals surface area contributed by atoms with Crippen LogP contribution in [0.2, 0.25) is 0 Å². The lowest BCUT2D eigenvalue weighted by Gasteiger charge is -2.18. The Kier molecular flexibility index (Phi) is 4.98. The van der Waals surface area contributed by atoms with Gasteiger partial charge in [-0.15, -0.1) is 0 Å². The molecule has 116 valence electrons. The molecular weight excluding hydrogens is 288 g/mol. The lowest BCUT2D eigenvalue weighted by atomic mass is 9.98. The van der Waals surface area contributed by atoms with Gasteiger partial charge in [0.15, 0.2) is 16.6 Å². The van der Waals surface area contributed by atoms with Crippen LogP contribution in [0.3, 0.4) is 0 Å². The predicted octanol–water partition coefficient (Wildman–Crippen LogP) is 3.37. The topological polar surface area (TPSA) is 68.3 Å². The predicted molar refractivity (Wildman–Crippen MR) is 83.0 cm³/mol. The average Bonchev–Trinajstić information content (AvgIpc) is 2.98. The monoisotopic (exact) mass is 310 g/mol. The average molecular weight is 310 g/mol. The number of thiazole rings is 1. The normalized spacial score (nSPS) is 24.9. The Morgan fingerprint density at radius 3 is 2.62 bits per heavy atom. The van der Waals surface area contributed by atoms with Crippen LogP contribution in [0.4, 0.5) is 5.13 Å². The van der Waals surface area contributed by atoms with E-state index in [1.807, 2.05) is 0 Å². The van der Waals surface area contributed by atoms with Gasteiger partial charge in [0.1, 0.15) is 4.88 Å². The molecule has 0 radical (unpaired) electrons. The SMILES string of the molecule is CCOC(=O)c1nc(NC2CCC(C)C2C)sc1C(C)=O. The van der Waals surface area contributed by atoms with E-state index in [9.17, 15) is 9.59 Å². The van der Waals surface area contributed by atoms with Crippen molar-refractivity contribution < 1.29 is 14.3 Å². The van der Waals surface area contributed by atoms with Gasteiger partial charge in [-0.05, 0) is 31.6 Å². The van der Waals surface area contributed by atoms with Gasteiger partial charge in [0, 0.05) is 13.0 Å². The summed E-state index contributed by atoms with van der Waals surface area (Å²) < 4.78 is 4.97. The summed E-state index contributed by atoms with van der Waals surface area (Å²) in [5.74, 6) is 0.552. The molecule has 1 aliphatic carbocycles. The molecule has 0 amide bonds. The van der Waals surface area contributed by atoms with Gasteiger partial charge in [-0.25, -0.2) is 9.78 Å². The molecule has 21 heavy (non-hydrogen) atoms. The summed E-state index contributed by atoms with van der Waals surface area (Å²) in [5, 5.41) is 4.01. The molecule has 1 aromatic heterocycles. The van der Waals surface area contributed by atoms with Gasteiger partial charge in [0.2, 0.25) is 0 Å². The van der Waals surface area contributed by atoms with E-state index in [4.69, 9.17) is 4.74 Å². The summed E-state index contributed by atoms with van der Waals surface area (Å²) in [6.07, 6.45) is 2.28. The number of carbonyl (C=O) groups is 2. The van der Waals surface area contributed by atoms with E-state index in [1.165, 1.54) is 24.7 Å². The number of hydrogen-bond acceptors (Lipinski definition) is 6. The maximum absolute atomic E-state index is 11.9. The Balaban J connectivity index is 2.19. The summed E-state index contributed by atoms with van der Waals surface area (Å²) in [6, 6.07) is 0.348. The number of nitrogens with one attached hydrogen (secondary N) is 1. The summed E-state index contributed by atoms with van der Waals surface area (Å²) in [7, 11) is 0. The highest BCUT2D eigenvalue weighted by Gasteiger charge is 2.31. The first-order valence-corrected chi connectivity index (χ1v) is 8.21. The van der Waals surface area contributed by atoms with Gasteiger partial charge in [-0.1, -0.05) is 25.2 Å². The molecule has 1 aromatic rings. The fourth-order valence-corrected chi connectivity index (χ4v) is 3.60. The van der Waals surface area contributed by atoms with E-state index in [2.05, 4.69) is 24.1 Å². The second kappa shape index (κ2) is 6.56. The molecule has 3 atom stereocenters. The van der Waals surface area contributed by atoms with Crippen LogP contribution in [-0.4, -0.2) is 29.4 Å². The molecule has 1 fully saturated rings. The quantitative estimate of drug-likeness (QED) is 0.667. The Morgan fingerprint density at radius 1 is 1.38 bits per heavy atom. The van der Waals surface area contributed by atoms with E-state index >= 15 is 0 Å². The summed E-state index contributed by atoms with van der Waals surface area (Å²) in [6.45, 7) is 7.92.